The molecule has 140 valence electrons. The number of carbonyl (C=O) groups is 1. The van der Waals surface area contributed by atoms with E-state index in [0.717, 1.165) is 5.56 Å². The number of aryl methyl sites for hydroxylation is 1. The summed E-state index contributed by atoms with van der Waals surface area (Å²) in [6.07, 6.45) is 0. The van der Waals surface area contributed by atoms with Gasteiger partial charge in [0.15, 0.2) is 5.69 Å². The molecule has 1 amide bonds. The number of benzene rings is 2. The molecule has 0 aliphatic carbocycles. The summed E-state index contributed by atoms with van der Waals surface area (Å²) in [6, 6.07) is 10.2. The van der Waals surface area contributed by atoms with Gasteiger partial charge in [-0.05, 0) is 38.5 Å². The maximum atomic E-state index is 13.0. The largest absolute Gasteiger partial charge is 0.495 e. The van der Waals surface area contributed by atoms with Gasteiger partial charge in [-0.2, -0.15) is 5.10 Å². The lowest BCUT2D eigenvalue weighted by molar-refractivity contribution is 0.102. The van der Waals surface area contributed by atoms with Crippen LogP contribution in [-0.2, 0) is 0 Å². The van der Waals surface area contributed by atoms with Crippen molar-refractivity contribution in [3.8, 4) is 5.75 Å². The van der Waals surface area contributed by atoms with Crippen molar-refractivity contribution in [1.29, 1.82) is 0 Å². The van der Waals surface area contributed by atoms with Crippen LogP contribution in [0.2, 0.25) is 5.02 Å². The minimum atomic E-state index is -0.430. The zero-order chi connectivity index (χ0) is 19.7. The van der Waals surface area contributed by atoms with Crippen LogP contribution >= 0.6 is 11.6 Å². The van der Waals surface area contributed by atoms with E-state index in [2.05, 4.69) is 10.4 Å². The van der Waals surface area contributed by atoms with E-state index in [1.807, 2.05) is 20.8 Å². The number of nitrogens with one attached hydrogen (secondary N) is 1. The van der Waals surface area contributed by atoms with Gasteiger partial charge in [-0.1, -0.05) is 29.8 Å². The Morgan fingerprint density at radius 1 is 1.22 bits per heavy atom. The summed E-state index contributed by atoms with van der Waals surface area (Å²) in [5.41, 5.74) is 1.24. The van der Waals surface area contributed by atoms with Gasteiger partial charge < -0.3 is 10.1 Å². The number of rotatable bonds is 4. The second kappa shape index (κ2) is 7.40. The van der Waals surface area contributed by atoms with Crippen LogP contribution in [-0.4, -0.2) is 22.8 Å². The summed E-state index contributed by atoms with van der Waals surface area (Å²) >= 11 is 6.13. The number of hydrogen-bond acceptors (Lipinski definition) is 4. The summed E-state index contributed by atoms with van der Waals surface area (Å²) in [6.45, 7) is 5.52. The number of hydrogen-bond donors (Lipinski definition) is 1. The number of fused-ring (bicyclic) bond motifs is 1. The Labute approximate surface area is 161 Å². The van der Waals surface area contributed by atoms with Gasteiger partial charge in [0.05, 0.1) is 24.2 Å². The first kappa shape index (κ1) is 18.9. The van der Waals surface area contributed by atoms with E-state index < -0.39 is 5.91 Å². The number of carbonyl (C=O) groups excluding carboxylic acids is 1. The highest BCUT2D eigenvalue weighted by Crippen LogP contribution is 2.31. The third kappa shape index (κ3) is 3.53. The lowest BCUT2D eigenvalue weighted by Crippen LogP contribution is -2.29. The molecule has 2 aromatic carbocycles. The number of halogens is 1. The maximum Gasteiger partial charge on any atom is 0.276 e. The molecule has 0 aliphatic rings. The molecule has 1 heterocycles. The Morgan fingerprint density at radius 2 is 1.89 bits per heavy atom. The summed E-state index contributed by atoms with van der Waals surface area (Å²) in [4.78, 5) is 25.6. The molecule has 1 N–H and O–H groups in total. The van der Waals surface area contributed by atoms with Gasteiger partial charge in [0.2, 0.25) is 0 Å². The highest BCUT2D eigenvalue weighted by molar-refractivity contribution is 6.31. The number of aromatic nitrogens is 2. The fraction of sp³-hybridized carbons (Fsp3) is 0.250. The molecule has 0 fully saturated rings. The zero-order valence-electron chi connectivity index (χ0n) is 15.5. The van der Waals surface area contributed by atoms with E-state index >= 15 is 0 Å². The normalized spacial score (nSPS) is 11.0. The number of anilines is 1. The van der Waals surface area contributed by atoms with Gasteiger partial charge in [0, 0.05) is 16.5 Å². The number of amides is 1. The second-order valence-electron chi connectivity index (χ2n) is 6.49. The highest BCUT2D eigenvalue weighted by atomic mass is 35.5. The number of ether oxygens (including phenoxy) is 1. The molecule has 0 spiro atoms. The fourth-order valence-corrected chi connectivity index (χ4v) is 2.99. The van der Waals surface area contributed by atoms with E-state index in [1.54, 1.807) is 36.4 Å². The first-order valence-corrected chi connectivity index (χ1v) is 8.88. The van der Waals surface area contributed by atoms with Crippen LogP contribution in [0.4, 0.5) is 5.69 Å². The molecule has 0 bridgehead atoms. The minimum absolute atomic E-state index is 0.175. The van der Waals surface area contributed by atoms with E-state index in [0.29, 0.717) is 27.2 Å². The second-order valence-corrected chi connectivity index (χ2v) is 6.90. The lowest BCUT2D eigenvalue weighted by Gasteiger charge is -2.15. The van der Waals surface area contributed by atoms with Crippen molar-refractivity contribution >= 4 is 34.0 Å². The van der Waals surface area contributed by atoms with Crippen LogP contribution in [0.1, 0.15) is 35.9 Å². The van der Waals surface area contributed by atoms with Crippen LogP contribution in [0.25, 0.3) is 10.8 Å². The Balaban J connectivity index is 2.13. The van der Waals surface area contributed by atoms with E-state index in [1.165, 1.54) is 11.8 Å². The predicted octanol–water partition coefficient (Wildman–Crippen LogP) is 4.20. The monoisotopic (exact) mass is 385 g/mol. The summed E-state index contributed by atoms with van der Waals surface area (Å²) in [5.74, 6) is 0.0149. The molecule has 6 nitrogen and oxygen atoms in total. The Morgan fingerprint density at radius 3 is 2.52 bits per heavy atom. The molecule has 0 saturated heterocycles. The smallest absolute Gasteiger partial charge is 0.276 e. The zero-order valence-corrected chi connectivity index (χ0v) is 16.3. The third-order valence-electron chi connectivity index (χ3n) is 4.26. The number of methoxy groups -OCH3 is 1. The molecule has 0 saturated carbocycles. The fourth-order valence-electron chi connectivity index (χ4n) is 2.84. The molecule has 3 rings (SSSR count). The molecular formula is C20H20ClN3O3. The SMILES string of the molecule is COc1cc(Cl)c(C)cc1NC(=O)c1nn(C(C)C)c(=O)c2ccccc12. The van der Waals surface area contributed by atoms with Crippen molar-refractivity contribution in [2.24, 2.45) is 0 Å². The lowest BCUT2D eigenvalue weighted by atomic mass is 10.1. The molecular weight excluding hydrogens is 366 g/mol. The van der Waals surface area contributed by atoms with Crippen LogP contribution in [0.15, 0.2) is 41.2 Å². The van der Waals surface area contributed by atoms with Crippen molar-refractivity contribution < 1.29 is 9.53 Å². The Hall–Kier alpha value is -2.86. The van der Waals surface area contributed by atoms with Crippen molar-refractivity contribution in [2.75, 3.05) is 12.4 Å². The quantitative estimate of drug-likeness (QED) is 0.730. The van der Waals surface area contributed by atoms with Crippen molar-refractivity contribution in [2.45, 2.75) is 26.8 Å². The van der Waals surface area contributed by atoms with Crippen LogP contribution in [0.3, 0.4) is 0 Å². The van der Waals surface area contributed by atoms with Crippen LogP contribution in [0.5, 0.6) is 5.75 Å². The number of nitrogens with zero attached hydrogens (tertiary/aromatic N) is 2. The van der Waals surface area contributed by atoms with Gasteiger partial charge in [-0.15, -0.1) is 0 Å². The first-order chi connectivity index (χ1) is 12.8. The van der Waals surface area contributed by atoms with Crippen molar-refractivity contribution in [1.82, 2.24) is 9.78 Å². The highest BCUT2D eigenvalue weighted by Gasteiger charge is 2.19. The molecule has 27 heavy (non-hydrogen) atoms. The van der Waals surface area contributed by atoms with Gasteiger partial charge >= 0.3 is 0 Å². The predicted molar refractivity (Wildman–Crippen MR) is 107 cm³/mol. The van der Waals surface area contributed by atoms with Crippen LogP contribution < -0.4 is 15.6 Å². The molecule has 7 heteroatoms. The summed E-state index contributed by atoms with van der Waals surface area (Å²) in [5, 5.41) is 8.63. The van der Waals surface area contributed by atoms with Gasteiger partial charge in [0.1, 0.15) is 5.75 Å². The summed E-state index contributed by atoms with van der Waals surface area (Å²) < 4.78 is 6.63. The first-order valence-electron chi connectivity index (χ1n) is 8.50. The molecule has 0 aliphatic heterocycles. The molecule has 0 radical (unpaired) electrons. The average Bonchev–Trinajstić information content (AvgIpc) is 2.64. The van der Waals surface area contributed by atoms with Gasteiger partial charge in [-0.3, -0.25) is 9.59 Å². The Kier molecular flexibility index (Phi) is 5.19. The van der Waals surface area contributed by atoms with Crippen molar-refractivity contribution in [3.05, 3.63) is 63.0 Å². The topological polar surface area (TPSA) is 73.2 Å². The van der Waals surface area contributed by atoms with Gasteiger partial charge in [-0.25, -0.2) is 4.68 Å². The Bertz CT molecular complexity index is 1090. The van der Waals surface area contributed by atoms with Crippen LogP contribution in [0, 0.1) is 6.92 Å². The molecule has 0 atom stereocenters. The van der Waals surface area contributed by atoms with E-state index in [-0.39, 0.29) is 17.3 Å². The molecule has 3 aromatic rings. The maximum absolute atomic E-state index is 13.0. The van der Waals surface area contributed by atoms with E-state index in [9.17, 15) is 9.59 Å². The minimum Gasteiger partial charge on any atom is -0.495 e. The van der Waals surface area contributed by atoms with Crippen molar-refractivity contribution in [3.63, 3.8) is 0 Å². The average molecular weight is 386 g/mol. The molecule has 0 unspecified atom stereocenters. The molecule has 1 aromatic heterocycles. The standard InChI is InChI=1S/C20H20ClN3O3/c1-11(2)24-20(26)14-8-6-5-7-13(14)18(23-24)19(25)22-16-9-12(3)15(21)10-17(16)27-4/h5-11H,1-4H3,(H,22,25). The summed E-state index contributed by atoms with van der Waals surface area (Å²) in [7, 11) is 1.50. The third-order valence-corrected chi connectivity index (χ3v) is 4.67. The van der Waals surface area contributed by atoms with E-state index in [4.69, 9.17) is 16.3 Å². The van der Waals surface area contributed by atoms with Gasteiger partial charge in [0.25, 0.3) is 11.5 Å².